The predicted octanol–water partition coefficient (Wildman–Crippen LogP) is 5.29. The highest BCUT2D eigenvalue weighted by Gasteiger charge is 2.43. The van der Waals surface area contributed by atoms with Crippen LogP contribution in [0.1, 0.15) is 61.8 Å². The van der Waals surface area contributed by atoms with Gasteiger partial charge in [-0.25, -0.2) is 4.79 Å². The number of carbonyl (C=O) groups is 2. The van der Waals surface area contributed by atoms with Crippen LogP contribution in [0.3, 0.4) is 0 Å². The van der Waals surface area contributed by atoms with Gasteiger partial charge in [0.1, 0.15) is 12.0 Å². The number of likely N-dealkylation sites (tertiary alicyclic amines) is 1. The fourth-order valence-electron chi connectivity index (χ4n) is 5.49. The molecule has 0 N–H and O–H groups in total. The molecular formula is C30H35N3O6. The summed E-state index contributed by atoms with van der Waals surface area (Å²) in [6.07, 6.45) is 2.85. The highest BCUT2D eigenvalue weighted by molar-refractivity contribution is 6.07. The number of benzene rings is 2. The molecule has 2 aliphatic rings. The number of esters is 2. The van der Waals surface area contributed by atoms with Crippen LogP contribution in [-0.2, 0) is 19.1 Å². The summed E-state index contributed by atoms with van der Waals surface area (Å²) in [5, 5.41) is 11.5. The molecule has 3 atom stereocenters. The maximum absolute atomic E-state index is 14.0. The Hall–Kier alpha value is -3.85. The molecule has 0 radical (unpaired) electrons. The molecule has 4 rings (SSSR count). The SMILES string of the molecule is COC(=O)C1C(C)=NC(C)=C(C(=O)OC(CN2CCCCC2)c2ccc(C)cc2)C1c1cccc([N+](=O)[O-])c1. The predicted molar refractivity (Wildman–Crippen MR) is 147 cm³/mol. The van der Waals surface area contributed by atoms with Gasteiger partial charge in [-0.05, 0) is 57.8 Å². The number of non-ortho nitro benzene ring substituents is 1. The van der Waals surface area contributed by atoms with E-state index in [0.717, 1.165) is 37.1 Å². The molecule has 39 heavy (non-hydrogen) atoms. The number of ether oxygens (including phenoxy) is 2. The average Bonchev–Trinajstić information content (AvgIpc) is 2.93. The molecule has 0 saturated carbocycles. The number of nitro groups is 1. The van der Waals surface area contributed by atoms with E-state index >= 15 is 0 Å². The quantitative estimate of drug-likeness (QED) is 0.257. The number of hydrogen-bond acceptors (Lipinski definition) is 8. The van der Waals surface area contributed by atoms with Gasteiger partial charge in [0.2, 0.25) is 0 Å². The van der Waals surface area contributed by atoms with E-state index in [9.17, 15) is 19.7 Å². The van der Waals surface area contributed by atoms with E-state index in [2.05, 4.69) is 9.89 Å². The molecule has 0 spiro atoms. The van der Waals surface area contributed by atoms with Crippen LogP contribution in [0.2, 0.25) is 0 Å². The van der Waals surface area contributed by atoms with Crippen molar-refractivity contribution < 1.29 is 24.0 Å². The molecule has 2 heterocycles. The molecule has 206 valence electrons. The van der Waals surface area contributed by atoms with E-state index in [1.54, 1.807) is 26.0 Å². The zero-order valence-corrected chi connectivity index (χ0v) is 22.9. The maximum Gasteiger partial charge on any atom is 0.337 e. The molecule has 9 nitrogen and oxygen atoms in total. The normalized spacial score (nSPS) is 20.7. The highest BCUT2D eigenvalue weighted by atomic mass is 16.6. The van der Waals surface area contributed by atoms with Gasteiger partial charge in [0.05, 0.1) is 17.6 Å². The number of rotatable bonds is 8. The summed E-state index contributed by atoms with van der Waals surface area (Å²) in [6, 6.07) is 13.9. The van der Waals surface area contributed by atoms with Crippen molar-refractivity contribution in [1.29, 1.82) is 0 Å². The van der Waals surface area contributed by atoms with Gasteiger partial charge >= 0.3 is 11.9 Å². The van der Waals surface area contributed by atoms with Crippen molar-refractivity contribution in [3.05, 3.63) is 86.6 Å². The van der Waals surface area contributed by atoms with E-state index in [1.165, 1.54) is 25.7 Å². The van der Waals surface area contributed by atoms with Crippen molar-refractivity contribution in [2.75, 3.05) is 26.7 Å². The Balaban J connectivity index is 1.75. The summed E-state index contributed by atoms with van der Waals surface area (Å²) in [5.41, 5.74) is 3.37. The molecule has 2 aromatic carbocycles. The smallest absolute Gasteiger partial charge is 0.337 e. The largest absolute Gasteiger partial charge is 0.468 e. The molecule has 2 aromatic rings. The number of hydrogen-bond donors (Lipinski definition) is 0. The highest BCUT2D eigenvalue weighted by Crippen LogP contribution is 2.41. The van der Waals surface area contributed by atoms with Gasteiger partial charge in [0.25, 0.3) is 5.69 Å². The molecule has 3 unspecified atom stereocenters. The van der Waals surface area contributed by atoms with Gasteiger partial charge in [0.15, 0.2) is 0 Å². The lowest BCUT2D eigenvalue weighted by molar-refractivity contribution is -0.384. The Labute approximate surface area is 228 Å². The van der Waals surface area contributed by atoms with Crippen molar-refractivity contribution in [3.63, 3.8) is 0 Å². The average molecular weight is 534 g/mol. The lowest BCUT2D eigenvalue weighted by Gasteiger charge is -2.33. The first-order valence-corrected chi connectivity index (χ1v) is 13.3. The third kappa shape index (κ3) is 6.42. The van der Waals surface area contributed by atoms with Crippen LogP contribution in [0.5, 0.6) is 0 Å². The molecule has 0 aromatic heterocycles. The topological polar surface area (TPSA) is 111 Å². The molecule has 0 amide bonds. The van der Waals surface area contributed by atoms with Gasteiger partial charge < -0.3 is 9.47 Å². The first kappa shape index (κ1) is 28.2. The first-order chi connectivity index (χ1) is 18.7. The van der Waals surface area contributed by atoms with Crippen LogP contribution in [0.15, 0.2) is 64.8 Å². The van der Waals surface area contributed by atoms with Crippen LogP contribution in [-0.4, -0.2) is 54.2 Å². The number of aryl methyl sites for hydroxylation is 1. The fraction of sp³-hybridized carbons (Fsp3) is 0.433. The molecule has 9 heteroatoms. The Morgan fingerprint density at radius 3 is 2.41 bits per heavy atom. The van der Waals surface area contributed by atoms with Gasteiger partial charge in [-0.15, -0.1) is 0 Å². The van der Waals surface area contributed by atoms with E-state index in [0.29, 0.717) is 23.5 Å². The number of nitrogens with zero attached hydrogens (tertiary/aromatic N) is 3. The monoisotopic (exact) mass is 533 g/mol. The Bertz CT molecular complexity index is 1290. The fourth-order valence-corrected chi connectivity index (χ4v) is 5.49. The second-order valence-electron chi connectivity index (χ2n) is 10.2. The minimum atomic E-state index is -0.928. The summed E-state index contributed by atoms with van der Waals surface area (Å²) in [4.78, 5) is 44.9. The zero-order valence-electron chi connectivity index (χ0n) is 22.9. The number of nitro benzene ring substituents is 1. The van der Waals surface area contributed by atoms with E-state index in [4.69, 9.17) is 9.47 Å². The second-order valence-corrected chi connectivity index (χ2v) is 10.2. The summed E-state index contributed by atoms with van der Waals surface area (Å²) in [5.74, 6) is -2.95. The van der Waals surface area contributed by atoms with E-state index < -0.39 is 34.8 Å². The third-order valence-electron chi connectivity index (χ3n) is 7.51. The third-order valence-corrected chi connectivity index (χ3v) is 7.51. The minimum Gasteiger partial charge on any atom is -0.468 e. The minimum absolute atomic E-state index is 0.135. The number of carbonyl (C=O) groups excluding carboxylic acids is 2. The van der Waals surface area contributed by atoms with Crippen molar-refractivity contribution >= 4 is 23.3 Å². The van der Waals surface area contributed by atoms with Gasteiger partial charge in [0, 0.05) is 36.0 Å². The Morgan fingerprint density at radius 2 is 1.77 bits per heavy atom. The molecular weight excluding hydrogens is 498 g/mol. The lowest BCUT2D eigenvalue weighted by Crippen LogP contribution is -2.38. The van der Waals surface area contributed by atoms with Crippen molar-refractivity contribution in [3.8, 4) is 0 Å². The van der Waals surface area contributed by atoms with Crippen molar-refractivity contribution in [1.82, 2.24) is 4.90 Å². The van der Waals surface area contributed by atoms with E-state index in [-0.39, 0.29) is 11.3 Å². The van der Waals surface area contributed by atoms with Crippen LogP contribution in [0.4, 0.5) is 5.69 Å². The van der Waals surface area contributed by atoms with Gasteiger partial charge in [-0.2, -0.15) is 0 Å². The van der Waals surface area contributed by atoms with Crippen LogP contribution >= 0.6 is 0 Å². The number of piperidine rings is 1. The number of allylic oxidation sites excluding steroid dienone is 1. The molecule has 1 saturated heterocycles. The summed E-state index contributed by atoms with van der Waals surface area (Å²) < 4.78 is 11.3. The van der Waals surface area contributed by atoms with Crippen LogP contribution in [0, 0.1) is 23.0 Å². The van der Waals surface area contributed by atoms with Crippen molar-refractivity contribution in [2.45, 2.75) is 52.1 Å². The second kappa shape index (κ2) is 12.3. The Morgan fingerprint density at radius 1 is 1.08 bits per heavy atom. The maximum atomic E-state index is 14.0. The molecule has 2 aliphatic heterocycles. The molecule has 0 bridgehead atoms. The zero-order chi connectivity index (χ0) is 28.1. The van der Waals surface area contributed by atoms with Gasteiger partial charge in [-0.3, -0.25) is 24.8 Å². The molecule has 0 aliphatic carbocycles. The lowest BCUT2D eigenvalue weighted by atomic mass is 9.75. The summed E-state index contributed by atoms with van der Waals surface area (Å²) in [6.45, 7) is 7.82. The summed E-state index contributed by atoms with van der Waals surface area (Å²) >= 11 is 0. The molecule has 1 fully saturated rings. The Kier molecular flexibility index (Phi) is 8.91. The van der Waals surface area contributed by atoms with Gasteiger partial charge in [-0.1, -0.05) is 48.4 Å². The number of aliphatic imine (C=N–C) groups is 1. The van der Waals surface area contributed by atoms with Crippen LogP contribution < -0.4 is 0 Å². The first-order valence-electron chi connectivity index (χ1n) is 13.3. The van der Waals surface area contributed by atoms with Crippen molar-refractivity contribution in [2.24, 2.45) is 10.9 Å². The van der Waals surface area contributed by atoms with Crippen LogP contribution in [0.25, 0.3) is 0 Å². The standard InChI is InChI=1S/C30H35N3O6/c1-19-11-13-22(14-12-19)25(18-32-15-6-5-7-16-32)39-30(35)27-21(3)31-20(2)26(29(34)38-4)28(27)23-9-8-10-24(17-23)33(36)37/h8-14,17,25-26,28H,5-7,15-16,18H2,1-4H3. The number of methoxy groups -OCH3 is 1. The van der Waals surface area contributed by atoms with E-state index in [1.807, 2.05) is 31.2 Å². The summed E-state index contributed by atoms with van der Waals surface area (Å²) in [7, 11) is 1.27.